The second-order valence-electron chi connectivity index (χ2n) is 4.58. The van der Waals surface area contributed by atoms with E-state index in [0.717, 1.165) is 0 Å². The van der Waals surface area contributed by atoms with Crippen molar-refractivity contribution in [1.82, 2.24) is 0 Å². The fourth-order valence-electron chi connectivity index (χ4n) is 1.76. The van der Waals surface area contributed by atoms with Gasteiger partial charge in [0.1, 0.15) is 0 Å². The van der Waals surface area contributed by atoms with Gasteiger partial charge in [-0.3, -0.25) is 0 Å². The van der Waals surface area contributed by atoms with E-state index in [0.29, 0.717) is 5.16 Å². The third kappa shape index (κ3) is 2.69. The molecule has 0 aromatic heterocycles. The lowest BCUT2D eigenvalue weighted by atomic mass is 10.3. The van der Waals surface area contributed by atoms with Gasteiger partial charge in [-0.25, -0.2) is 0 Å². The Morgan fingerprint density at radius 1 is 1.14 bits per heavy atom. The predicted octanol–water partition coefficient (Wildman–Crippen LogP) is 4.13. The van der Waals surface area contributed by atoms with Gasteiger partial charge in [0, 0.05) is 0 Å². The molecule has 0 bridgehead atoms. The fourth-order valence-corrected chi connectivity index (χ4v) is 4.59. The van der Waals surface area contributed by atoms with Crippen molar-refractivity contribution >= 4 is 13.2 Å². The van der Waals surface area contributed by atoms with E-state index in [-0.39, 0.29) is 7.92 Å². The molecule has 0 N–H and O–H groups in total. The minimum atomic E-state index is -0.250. The van der Waals surface area contributed by atoms with Gasteiger partial charge in [-0.1, -0.05) is 63.0 Å². The molecule has 0 saturated heterocycles. The van der Waals surface area contributed by atoms with Crippen molar-refractivity contribution in [3.8, 4) is 0 Å². The average molecular weight is 206 g/mol. The highest BCUT2D eigenvalue weighted by Gasteiger charge is 2.25. The van der Waals surface area contributed by atoms with Gasteiger partial charge in [0.2, 0.25) is 0 Å². The van der Waals surface area contributed by atoms with Crippen molar-refractivity contribution in [2.24, 2.45) is 0 Å². The molecule has 0 spiro atoms. The van der Waals surface area contributed by atoms with Crippen molar-refractivity contribution in [2.75, 3.05) is 0 Å². The third-order valence-electron chi connectivity index (χ3n) is 2.07. The second kappa shape index (κ2) is 4.28. The van der Waals surface area contributed by atoms with Gasteiger partial charge in [0.25, 0.3) is 0 Å². The Morgan fingerprint density at radius 2 is 1.64 bits per heavy atom. The highest BCUT2D eigenvalue weighted by molar-refractivity contribution is 7.71. The zero-order valence-electron chi connectivity index (χ0n) is 9.54. The predicted molar refractivity (Wildman–Crippen MR) is 67.6 cm³/mol. The Hall–Kier alpha value is -0.610. The van der Waals surface area contributed by atoms with E-state index in [1.54, 1.807) is 0 Å². The van der Waals surface area contributed by atoms with Crippen LogP contribution in [0.15, 0.2) is 42.2 Å². The highest BCUT2D eigenvalue weighted by Crippen LogP contribution is 2.53. The SMILES string of the molecule is C=C(C)P(c1ccccc1)C(C)(C)C. The van der Waals surface area contributed by atoms with Crippen molar-refractivity contribution in [3.05, 3.63) is 42.2 Å². The molecular weight excluding hydrogens is 187 g/mol. The summed E-state index contributed by atoms with van der Waals surface area (Å²) >= 11 is 0. The lowest BCUT2D eigenvalue weighted by Gasteiger charge is -2.32. The van der Waals surface area contributed by atoms with Crippen LogP contribution in [0.3, 0.4) is 0 Å². The van der Waals surface area contributed by atoms with E-state index >= 15 is 0 Å². The smallest absolute Gasteiger partial charge is 0.0102 e. The highest BCUT2D eigenvalue weighted by atomic mass is 31.1. The molecule has 0 saturated carbocycles. The van der Waals surface area contributed by atoms with Crippen LogP contribution in [0.1, 0.15) is 27.7 Å². The van der Waals surface area contributed by atoms with E-state index in [9.17, 15) is 0 Å². The molecule has 1 aromatic carbocycles. The van der Waals surface area contributed by atoms with Crippen LogP contribution in [-0.4, -0.2) is 5.16 Å². The van der Waals surface area contributed by atoms with Gasteiger partial charge in [-0.05, 0) is 25.3 Å². The minimum absolute atomic E-state index is 0.250. The lowest BCUT2D eigenvalue weighted by molar-refractivity contribution is 0.791. The fraction of sp³-hybridized carbons (Fsp3) is 0.385. The number of rotatable bonds is 2. The number of hydrogen-bond donors (Lipinski definition) is 0. The Balaban J connectivity index is 3.08. The molecule has 0 aliphatic rings. The van der Waals surface area contributed by atoms with Crippen LogP contribution in [0.25, 0.3) is 0 Å². The van der Waals surface area contributed by atoms with E-state index in [2.05, 4.69) is 64.6 Å². The summed E-state index contributed by atoms with van der Waals surface area (Å²) in [6.45, 7) is 13.1. The van der Waals surface area contributed by atoms with Crippen molar-refractivity contribution in [2.45, 2.75) is 32.9 Å². The van der Waals surface area contributed by atoms with Crippen LogP contribution >= 0.6 is 7.92 Å². The zero-order chi connectivity index (χ0) is 10.8. The molecule has 14 heavy (non-hydrogen) atoms. The molecule has 0 radical (unpaired) electrons. The molecule has 0 amide bonds. The molecule has 0 fully saturated rings. The lowest BCUT2D eigenvalue weighted by Crippen LogP contribution is -2.19. The Labute approximate surface area is 88.8 Å². The zero-order valence-corrected chi connectivity index (χ0v) is 10.4. The minimum Gasteiger partial charge on any atom is -0.0953 e. The first-order chi connectivity index (χ1) is 6.43. The molecule has 1 rings (SSSR count). The van der Waals surface area contributed by atoms with Crippen molar-refractivity contribution in [1.29, 1.82) is 0 Å². The summed E-state index contributed by atoms with van der Waals surface area (Å²) in [5, 5.41) is 3.05. The maximum Gasteiger partial charge on any atom is -0.0102 e. The Kier molecular flexibility index (Phi) is 3.50. The molecule has 0 aliphatic heterocycles. The van der Waals surface area contributed by atoms with Gasteiger partial charge in [0.15, 0.2) is 0 Å². The molecule has 1 atom stereocenters. The monoisotopic (exact) mass is 206 g/mol. The molecule has 0 aliphatic carbocycles. The number of hydrogen-bond acceptors (Lipinski definition) is 0. The summed E-state index contributed by atoms with van der Waals surface area (Å²) in [5.41, 5.74) is 0. The molecule has 1 unspecified atom stereocenters. The average Bonchev–Trinajstić information content (AvgIpc) is 2.02. The van der Waals surface area contributed by atoms with E-state index in [4.69, 9.17) is 0 Å². The number of allylic oxidation sites excluding steroid dienone is 1. The van der Waals surface area contributed by atoms with Crippen LogP contribution in [-0.2, 0) is 0 Å². The molecule has 0 heterocycles. The summed E-state index contributed by atoms with van der Waals surface area (Å²) in [5.74, 6) is 0. The first kappa shape index (κ1) is 11.5. The standard InChI is InChI=1S/C13H19P/c1-11(2)14(13(3,4)5)12-9-7-6-8-10-12/h6-10H,1H2,2-5H3. The Morgan fingerprint density at radius 3 is 2.00 bits per heavy atom. The molecule has 1 aromatic rings. The van der Waals surface area contributed by atoms with Crippen LogP contribution in [0.4, 0.5) is 0 Å². The second-order valence-corrected chi connectivity index (χ2v) is 7.87. The van der Waals surface area contributed by atoms with E-state index < -0.39 is 0 Å². The normalized spacial score (nSPS) is 13.7. The molecule has 76 valence electrons. The number of benzene rings is 1. The van der Waals surface area contributed by atoms with Gasteiger partial charge in [-0.15, -0.1) is 0 Å². The first-order valence-corrected chi connectivity index (χ1v) is 6.28. The first-order valence-electron chi connectivity index (χ1n) is 4.94. The largest absolute Gasteiger partial charge is 0.0953 e. The van der Waals surface area contributed by atoms with Crippen LogP contribution in [0, 0.1) is 0 Å². The topological polar surface area (TPSA) is 0 Å². The summed E-state index contributed by atoms with van der Waals surface area (Å²) < 4.78 is 0. The van der Waals surface area contributed by atoms with E-state index in [1.165, 1.54) is 10.6 Å². The molecule has 0 nitrogen and oxygen atoms in total. The summed E-state index contributed by atoms with van der Waals surface area (Å²) in [6.07, 6.45) is 0. The van der Waals surface area contributed by atoms with Crippen LogP contribution in [0.2, 0.25) is 0 Å². The van der Waals surface area contributed by atoms with Crippen LogP contribution in [0.5, 0.6) is 0 Å². The van der Waals surface area contributed by atoms with E-state index in [1.807, 2.05) is 0 Å². The quantitative estimate of drug-likeness (QED) is 0.638. The van der Waals surface area contributed by atoms with Gasteiger partial charge < -0.3 is 0 Å². The van der Waals surface area contributed by atoms with Crippen molar-refractivity contribution in [3.63, 3.8) is 0 Å². The molecular formula is C13H19P. The van der Waals surface area contributed by atoms with Crippen LogP contribution < -0.4 is 5.30 Å². The third-order valence-corrected chi connectivity index (χ3v) is 4.99. The van der Waals surface area contributed by atoms with Gasteiger partial charge >= 0.3 is 0 Å². The van der Waals surface area contributed by atoms with Gasteiger partial charge in [0.05, 0.1) is 0 Å². The van der Waals surface area contributed by atoms with Crippen molar-refractivity contribution < 1.29 is 0 Å². The summed E-state index contributed by atoms with van der Waals surface area (Å²) in [4.78, 5) is 0. The molecule has 1 heteroatoms. The Bertz CT molecular complexity index is 306. The maximum absolute atomic E-state index is 4.13. The summed E-state index contributed by atoms with van der Waals surface area (Å²) in [7, 11) is -0.250. The summed E-state index contributed by atoms with van der Waals surface area (Å²) in [6, 6.07) is 10.7. The maximum atomic E-state index is 4.13. The van der Waals surface area contributed by atoms with Gasteiger partial charge in [-0.2, -0.15) is 0 Å².